The molecule has 0 saturated carbocycles. The smallest absolute Gasteiger partial charge is 0.350 e. The van der Waals surface area contributed by atoms with Gasteiger partial charge in [-0.1, -0.05) is 53.1 Å². The van der Waals surface area contributed by atoms with Crippen LogP contribution in [0.3, 0.4) is 0 Å². The van der Waals surface area contributed by atoms with Crippen molar-refractivity contribution in [2.75, 3.05) is 12.3 Å². The summed E-state index contributed by atoms with van der Waals surface area (Å²) < 4.78 is 18.9. The minimum absolute atomic E-state index is 0.0216. The molecular formula is C33H31N3O7S. The van der Waals surface area contributed by atoms with Gasteiger partial charge in [0.05, 0.1) is 21.9 Å². The molecule has 1 aliphatic heterocycles. The second-order valence-corrected chi connectivity index (χ2v) is 11.9. The molecule has 0 spiro atoms. The average Bonchev–Trinajstić information content (AvgIpc) is 3.32. The number of nitrogen functional groups attached to an aromatic ring is 1. The third-order valence-corrected chi connectivity index (χ3v) is 8.67. The highest BCUT2D eigenvalue weighted by atomic mass is 32.2. The van der Waals surface area contributed by atoms with Crippen molar-refractivity contribution in [3.05, 3.63) is 129 Å². The number of rotatable bonds is 8. The van der Waals surface area contributed by atoms with Crippen molar-refractivity contribution in [3.8, 4) is 0 Å². The summed E-state index contributed by atoms with van der Waals surface area (Å²) in [6.07, 6.45) is -0.827. The third-order valence-electron chi connectivity index (χ3n) is 7.14. The largest absolute Gasteiger partial charge is 0.461 e. The molecule has 2 N–H and O–H groups in total. The first-order valence-electron chi connectivity index (χ1n) is 13.9. The molecule has 4 aromatic rings. The number of aryl methyl sites for hydroxylation is 3. The van der Waals surface area contributed by atoms with Gasteiger partial charge < -0.3 is 19.9 Å². The van der Waals surface area contributed by atoms with Crippen molar-refractivity contribution in [3.63, 3.8) is 0 Å². The summed E-state index contributed by atoms with van der Waals surface area (Å²) in [4.78, 5) is 56.4. The van der Waals surface area contributed by atoms with E-state index in [0.29, 0.717) is 5.56 Å². The fourth-order valence-electron chi connectivity index (χ4n) is 4.65. The SMILES string of the molecule is Cc1ccc(C(=O)OC[C@@H]2S[C@H](n3ccc(N)nc3=O)[C@@H](OC(=O)c3ccc(C)cc3)[C@@H]2OC(=O)c2ccc(C)cc2)cc1. The van der Waals surface area contributed by atoms with E-state index in [-0.39, 0.29) is 23.6 Å². The molecule has 0 radical (unpaired) electrons. The molecule has 44 heavy (non-hydrogen) atoms. The number of thioether (sulfide) groups is 1. The summed E-state index contributed by atoms with van der Waals surface area (Å²) in [6, 6.07) is 22.0. The first-order chi connectivity index (χ1) is 21.1. The minimum Gasteiger partial charge on any atom is -0.461 e. The van der Waals surface area contributed by atoms with Crippen molar-refractivity contribution < 1.29 is 28.6 Å². The molecule has 0 unspecified atom stereocenters. The molecule has 11 heteroatoms. The molecule has 2 heterocycles. The highest BCUT2D eigenvalue weighted by Crippen LogP contribution is 2.45. The Labute approximate surface area is 258 Å². The lowest BCUT2D eigenvalue weighted by Crippen LogP contribution is -2.42. The molecule has 1 aliphatic rings. The number of carbonyl (C=O) groups excluding carboxylic acids is 3. The standard InChI is InChI=1S/C33H31N3O7S/c1-19-4-10-22(11-5-19)30(37)41-18-25-27(42-31(38)23-12-6-20(2)7-13-23)28(43-32(39)24-14-8-21(3)9-15-24)29(44-25)36-17-16-26(34)35-33(36)40/h4-17,25,27-29H,18H2,1-3H3,(H2,34,35,40)/t25-,27+,28-,29-/m0/s1. The molecule has 1 fully saturated rings. The van der Waals surface area contributed by atoms with Gasteiger partial charge in [-0.25, -0.2) is 19.2 Å². The van der Waals surface area contributed by atoms with Gasteiger partial charge in [0.15, 0.2) is 12.2 Å². The molecule has 1 saturated heterocycles. The Kier molecular flexibility index (Phi) is 9.15. The summed E-state index contributed by atoms with van der Waals surface area (Å²) in [5.41, 5.74) is 8.86. The number of ether oxygens (including phenoxy) is 3. The van der Waals surface area contributed by atoms with E-state index in [1.807, 2.05) is 20.8 Å². The fourth-order valence-corrected chi connectivity index (χ4v) is 6.17. The normalized spacial score (nSPS) is 19.2. The molecule has 226 valence electrons. The highest BCUT2D eigenvalue weighted by molar-refractivity contribution is 8.00. The van der Waals surface area contributed by atoms with E-state index in [1.165, 1.54) is 28.6 Å². The number of hydrogen-bond donors (Lipinski definition) is 1. The van der Waals surface area contributed by atoms with E-state index in [9.17, 15) is 19.2 Å². The lowest BCUT2D eigenvalue weighted by atomic mass is 10.1. The summed E-state index contributed by atoms with van der Waals surface area (Å²) in [5, 5.41) is -1.60. The summed E-state index contributed by atoms with van der Waals surface area (Å²) >= 11 is 1.17. The van der Waals surface area contributed by atoms with Crippen molar-refractivity contribution in [1.82, 2.24) is 9.55 Å². The summed E-state index contributed by atoms with van der Waals surface area (Å²) in [6.45, 7) is 5.49. The Hall–Kier alpha value is -4.90. The van der Waals surface area contributed by atoms with E-state index in [2.05, 4.69) is 4.98 Å². The number of aromatic nitrogens is 2. The van der Waals surface area contributed by atoms with Gasteiger partial charge in [-0.2, -0.15) is 4.98 Å². The molecular weight excluding hydrogens is 582 g/mol. The first-order valence-corrected chi connectivity index (χ1v) is 14.8. The number of carbonyl (C=O) groups is 3. The van der Waals surface area contributed by atoms with E-state index >= 15 is 0 Å². The lowest BCUT2D eigenvalue weighted by molar-refractivity contribution is -0.0412. The van der Waals surface area contributed by atoms with Crippen LogP contribution >= 0.6 is 11.8 Å². The molecule has 5 rings (SSSR count). The van der Waals surface area contributed by atoms with Crippen LogP contribution in [0.15, 0.2) is 89.9 Å². The van der Waals surface area contributed by atoms with Gasteiger partial charge in [-0.15, -0.1) is 11.8 Å². The summed E-state index contributed by atoms with van der Waals surface area (Å²) in [7, 11) is 0. The van der Waals surface area contributed by atoms with Crippen LogP contribution in [0, 0.1) is 20.8 Å². The van der Waals surface area contributed by atoms with Crippen LogP contribution in [-0.2, 0) is 14.2 Å². The van der Waals surface area contributed by atoms with E-state index in [0.717, 1.165) is 16.7 Å². The van der Waals surface area contributed by atoms with Crippen LogP contribution in [0.4, 0.5) is 5.82 Å². The van der Waals surface area contributed by atoms with Crippen LogP contribution in [0.2, 0.25) is 0 Å². The van der Waals surface area contributed by atoms with Gasteiger partial charge in [0.1, 0.15) is 17.8 Å². The number of benzene rings is 3. The van der Waals surface area contributed by atoms with Crippen LogP contribution < -0.4 is 11.4 Å². The molecule has 0 amide bonds. The van der Waals surface area contributed by atoms with Crippen LogP contribution in [-0.4, -0.2) is 51.5 Å². The predicted molar refractivity (Wildman–Crippen MR) is 166 cm³/mol. The quantitative estimate of drug-likeness (QED) is 0.220. The maximum Gasteiger partial charge on any atom is 0.350 e. The minimum atomic E-state index is -1.16. The molecule has 0 aliphatic carbocycles. The first kappa shape index (κ1) is 30.6. The van der Waals surface area contributed by atoms with Gasteiger partial charge in [0.2, 0.25) is 0 Å². The topological polar surface area (TPSA) is 140 Å². The van der Waals surface area contributed by atoms with Crippen LogP contribution in [0.5, 0.6) is 0 Å². The van der Waals surface area contributed by atoms with Gasteiger partial charge in [-0.3, -0.25) is 4.57 Å². The third kappa shape index (κ3) is 7.00. The number of nitrogens with zero attached hydrogens (tertiary/aromatic N) is 2. The maximum absolute atomic E-state index is 13.4. The number of hydrogen-bond acceptors (Lipinski definition) is 10. The lowest BCUT2D eigenvalue weighted by Gasteiger charge is -2.26. The van der Waals surface area contributed by atoms with Crippen molar-refractivity contribution >= 4 is 35.5 Å². The zero-order chi connectivity index (χ0) is 31.4. The van der Waals surface area contributed by atoms with Gasteiger partial charge in [0.25, 0.3) is 0 Å². The zero-order valence-electron chi connectivity index (χ0n) is 24.3. The Balaban J connectivity index is 1.49. The van der Waals surface area contributed by atoms with Crippen LogP contribution in [0.25, 0.3) is 0 Å². The highest BCUT2D eigenvalue weighted by Gasteiger charge is 2.51. The number of anilines is 1. The second kappa shape index (κ2) is 13.2. The fraction of sp³-hybridized carbons (Fsp3) is 0.242. The van der Waals surface area contributed by atoms with Crippen molar-refractivity contribution in [2.24, 2.45) is 0 Å². The van der Waals surface area contributed by atoms with E-state index in [1.54, 1.807) is 72.8 Å². The molecule has 4 atom stereocenters. The van der Waals surface area contributed by atoms with Gasteiger partial charge in [0, 0.05) is 6.20 Å². The molecule has 0 bridgehead atoms. The van der Waals surface area contributed by atoms with Crippen molar-refractivity contribution in [1.29, 1.82) is 0 Å². The summed E-state index contributed by atoms with van der Waals surface area (Å²) in [5.74, 6) is -1.89. The second-order valence-electron chi connectivity index (χ2n) is 10.5. The zero-order valence-corrected chi connectivity index (χ0v) is 25.2. The van der Waals surface area contributed by atoms with Gasteiger partial charge in [-0.05, 0) is 63.2 Å². The molecule has 3 aromatic carbocycles. The Morgan fingerprint density at radius 1 is 0.727 bits per heavy atom. The van der Waals surface area contributed by atoms with Crippen LogP contribution in [0.1, 0.15) is 53.1 Å². The Morgan fingerprint density at radius 3 is 1.66 bits per heavy atom. The maximum atomic E-state index is 13.4. The Bertz CT molecular complexity index is 1720. The number of esters is 3. The van der Waals surface area contributed by atoms with E-state index in [4.69, 9.17) is 19.9 Å². The van der Waals surface area contributed by atoms with E-state index < -0.39 is 46.4 Å². The average molecular weight is 614 g/mol. The molecule has 1 aromatic heterocycles. The van der Waals surface area contributed by atoms with Gasteiger partial charge >= 0.3 is 23.6 Å². The number of nitrogens with two attached hydrogens (primary N) is 1. The Morgan fingerprint density at radius 2 is 1.18 bits per heavy atom. The predicted octanol–water partition coefficient (Wildman–Crippen LogP) is 4.67. The van der Waals surface area contributed by atoms with Crippen molar-refractivity contribution in [2.45, 2.75) is 43.6 Å². The monoisotopic (exact) mass is 613 g/mol. The molecule has 10 nitrogen and oxygen atoms in total.